The van der Waals surface area contributed by atoms with Gasteiger partial charge in [0.1, 0.15) is 17.2 Å². The molecule has 0 fully saturated rings. The Morgan fingerprint density at radius 2 is 1.84 bits per heavy atom. The van der Waals surface area contributed by atoms with Gasteiger partial charge in [-0.05, 0) is 55.2 Å². The van der Waals surface area contributed by atoms with Gasteiger partial charge in [0.25, 0.3) is 0 Å². The second-order valence-corrected chi connectivity index (χ2v) is 7.80. The van der Waals surface area contributed by atoms with Crippen LogP contribution < -0.4 is 9.47 Å². The fourth-order valence-electron chi connectivity index (χ4n) is 3.61. The standard InChI is InChI=1S/C24H25F3N2O3/c1-5-16(15-6-9-19(29-13-15)24(2,3)30)17-7-8-18(31-4)21(22(17)25)14-10-11-28-20(12-14)32-23(26)27/h6-13,16,23,30H,5H2,1-4H3/t16-/m0/s1. The predicted octanol–water partition coefficient (Wildman–Crippen LogP) is 5.66. The molecule has 2 aromatic heterocycles. The minimum atomic E-state index is -3.04. The molecule has 3 rings (SSSR count). The lowest BCUT2D eigenvalue weighted by atomic mass is 9.87. The van der Waals surface area contributed by atoms with E-state index >= 15 is 4.39 Å². The molecular formula is C24H25F3N2O3. The van der Waals surface area contributed by atoms with Crippen molar-refractivity contribution in [2.24, 2.45) is 0 Å². The van der Waals surface area contributed by atoms with Crippen LogP contribution in [0.3, 0.4) is 0 Å². The van der Waals surface area contributed by atoms with Crippen LogP contribution in [0.2, 0.25) is 0 Å². The third-order valence-corrected chi connectivity index (χ3v) is 5.19. The van der Waals surface area contributed by atoms with Crippen molar-refractivity contribution in [2.75, 3.05) is 7.11 Å². The van der Waals surface area contributed by atoms with Crippen LogP contribution in [-0.2, 0) is 5.60 Å². The molecule has 0 saturated carbocycles. The number of halogens is 3. The smallest absolute Gasteiger partial charge is 0.388 e. The van der Waals surface area contributed by atoms with Crippen LogP contribution in [0.15, 0.2) is 48.8 Å². The molecule has 0 amide bonds. The first kappa shape index (κ1) is 23.5. The highest BCUT2D eigenvalue weighted by atomic mass is 19.3. The van der Waals surface area contributed by atoms with Crippen molar-refractivity contribution in [2.45, 2.75) is 45.3 Å². The summed E-state index contributed by atoms with van der Waals surface area (Å²) in [6.45, 7) is 2.17. The van der Waals surface area contributed by atoms with Crippen molar-refractivity contribution in [1.29, 1.82) is 0 Å². The van der Waals surface area contributed by atoms with Crippen molar-refractivity contribution < 1.29 is 27.8 Å². The number of rotatable bonds is 8. The Kier molecular flexibility index (Phi) is 7.03. The molecular weight excluding hydrogens is 421 g/mol. The molecule has 0 saturated heterocycles. The molecule has 5 nitrogen and oxygen atoms in total. The van der Waals surface area contributed by atoms with Gasteiger partial charge in [0, 0.05) is 24.4 Å². The van der Waals surface area contributed by atoms with Gasteiger partial charge in [0.15, 0.2) is 0 Å². The minimum absolute atomic E-state index is 0.131. The summed E-state index contributed by atoms with van der Waals surface area (Å²) in [5, 5.41) is 10.1. The van der Waals surface area contributed by atoms with Crippen molar-refractivity contribution in [3.05, 3.63) is 71.4 Å². The number of ether oxygens (including phenoxy) is 2. The summed E-state index contributed by atoms with van der Waals surface area (Å²) in [7, 11) is 1.41. The molecule has 3 aromatic rings. The quantitative estimate of drug-likeness (QED) is 0.484. The van der Waals surface area contributed by atoms with E-state index in [-0.39, 0.29) is 23.1 Å². The Labute approximate surface area is 184 Å². The minimum Gasteiger partial charge on any atom is -0.496 e. The second kappa shape index (κ2) is 9.56. The number of benzene rings is 1. The third kappa shape index (κ3) is 5.02. The van der Waals surface area contributed by atoms with E-state index in [2.05, 4.69) is 14.7 Å². The molecule has 0 aliphatic heterocycles. The van der Waals surface area contributed by atoms with Gasteiger partial charge in [-0.3, -0.25) is 4.98 Å². The third-order valence-electron chi connectivity index (χ3n) is 5.19. The highest BCUT2D eigenvalue weighted by Gasteiger charge is 2.24. The molecule has 1 atom stereocenters. The zero-order valence-corrected chi connectivity index (χ0v) is 18.3. The Bertz CT molecular complexity index is 1070. The van der Waals surface area contributed by atoms with Crippen LogP contribution in [0.25, 0.3) is 11.1 Å². The molecule has 2 heterocycles. The highest BCUT2D eigenvalue weighted by Crippen LogP contribution is 2.40. The molecule has 170 valence electrons. The van der Waals surface area contributed by atoms with E-state index in [1.165, 1.54) is 25.4 Å². The predicted molar refractivity (Wildman–Crippen MR) is 114 cm³/mol. The lowest BCUT2D eigenvalue weighted by molar-refractivity contribution is -0.0528. The number of hydrogen-bond acceptors (Lipinski definition) is 5. The normalized spacial score (nSPS) is 12.7. The molecule has 1 N–H and O–H groups in total. The van der Waals surface area contributed by atoms with Crippen LogP contribution in [0.4, 0.5) is 13.2 Å². The maximum atomic E-state index is 15.8. The van der Waals surface area contributed by atoms with Gasteiger partial charge < -0.3 is 14.6 Å². The molecule has 0 aliphatic rings. The van der Waals surface area contributed by atoms with Crippen molar-refractivity contribution >= 4 is 0 Å². The van der Waals surface area contributed by atoms with Gasteiger partial charge in [0.05, 0.1) is 18.4 Å². The molecule has 0 spiro atoms. The molecule has 0 unspecified atom stereocenters. The lowest BCUT2D eigenvalue weighted by Gasteiger charge is -2.21. The number of pyridine rings is 2. The highest BCUT2D eigenvalue weighted by molar-refractivity contribution is 5.73. The topological polar surface area (TPSA) is 64.5 Å². The number of nitrogens with zero attached hydrogens (tertiary/aromatic N) is 2. The number of aliphatic hydroxyl groups is 1. The van der Waals surface area contributed by atoms with E-state index < -0.39 is 18.0 Å². The van der Waals surface area contributed by atoms with Crippen molar-refractivity contribution in [1.82, 2.24) is 9.97 Å². The Balaban J connectivity index is 2.08. The van der Waals surface area contributed by atoms with Gasteiger partial charge in [-0.15, -0.1) is 0 Å². The zero-order valence-electron chi connectivity index (χ0n) is 18.3. The van der Waals surface area contributed by atoms with Gasteiger partial charge in [0.2, 0.25) is 5.88 Å². The molecule has 8 heteroatoms. The molecule has 1 aromatic carbocycles. The fraction of sp³-hybridized carbons (Fsp3) is 0.333. The largest absolute Gasteiger partial charge is 0.496 e. The fourth-order valence-corrected chi connectivity index (χ4v) is 3.61. The van der Waals surface area contributed by atoms with E-state index in [1.54, 1.807) is 38.2 Å². The van der Waals surface area contributed by atoms with E-state index in [0.29, 0.717) is 23.2 Å². The summed E-state index contributed by atoms with van der Waals surface area (Å²) in [5.74, 6) is -0.910. The molecule has 0 radical (unpaired) electrons. The van der Waals surface area contributed by atoms with E-state index in [4.69, 9.17) is 4.74 Å². The first-order valence-electron chi connectivity index (χ1n) is 10.1. The second-order valence-electron chi connectivity index (χ2n) is 7.80. The van der Waals surface area contributed by atoms with E-state index in [9.17, 15) is 13.9 Å². The zero-order chi connectivity index (χ0) is 23.5. The summed E-state index contributed by atoms with van der Waals surface area (Å²) < 4.78 is 50.7. The van der Waals surface area contributed by atoms with E-state index in [0.717, 1.165) is 5.56 Å². The average molecular weight is 446 g/mol. The lowest BCUT2D eigenvalue weighted by Crippen LogP contribution is -2.17. The summed E-state index contributed by atoms with van der Waals surface area (Å²) in [6.07, 6.45) is 3.49. The first-order chi connectivity index (χ1) is 15.2. The average Bonchev–Trinajstić information content (AvgIpc) is 2.74. The summed E-state index contributed by atoms with van der Waals surface area (Å²) in [5.41, 5.74) is 1.05. The van der Waals surface area contributed by atoms with Crippen LogP contribution in [0, 0.1) is 5.82 Å². The van der Waals surface area contributed by atoms with Crippen LogP contribution in [0.1, 0.15) is 49.9 Å². The van der Waals surface area contributed by atoms with Crippen molar-refractivity contribution in [3.63, 3.8) is 0 Å². The molecule has 32 heavy (non-hydrogen) atoms. The van der Waals surface area contributed by atoms with E-state index in [1.807, 2.05) is 13.0 Å². The first-order valence-corrected chi connectivity index (χ1v) is 10.1. The molecule has 0 aliphatic carbocycles. The summed E-state index contributed by atoms with van der Waals surface area (Å²) in [6, 6.07) is 9.58. The van der Waals surface area contributed by atoms with Crippen LogP contribution >= 0.6 is 0 Å². The SMILES string of the molecule is CC[C@@H](c1ccc(C(C)(C)O)nc1)c1ccc(OC)c(-c2ccnc(OC(F)F)c2)c1F. The summed E-state index contributed by atoms with van der Waals surface area (Å²) >= 11 is 0. The van der Waals surface area contributed by atoms with Crippen LogP contribution in [0.5, 0.6) is 11.6 Å². The monoisotopic (exact) mass is 446 g/mol. The van der Waals surface area contributed by atoms with Gasteiger partial charge in [-0.25, -0.2) is 9.37 Å². The number of methoxy groups -OCH3 is 1. The van der Waals surface area contributed by atoms with Gasteiger partial charge >= 0.3 is 6.61 Å². The van der Waals surface area contributed by atoms with Crippen LogP contribution in [-0.4, -0.2) is 28.8 Å². The van der Waals surface area contributed by atoms with Gasteiger partial charge in [-0.1, -0.05) is 19.1 Å². The Morgan fingerprint density at radius 1 is 1.09 bits per heavy atom. The van der Waals surface area contributed by atoms with Crippen molar-refractivity contribution in [3.8, 4) is 22.8 Å². The Hall–Kier alpha value is -3.13. The Morgan fingerprint density at radius 3 is 2.41 bits per heavy atom. The number of aromatic nitrogens is 2. The maximum absolute atomic E-state index is 15.8. The van der Waals surface area contributed by atoms with Gasteiger partial charge in [-0.2, -0.15) is 8.78 Å². The number of alkyl halides is 2. The number of hydrogen-bond donors (Lipinski definition) is 1. The summed E-state index contributed by atoms with van der Waals surface area (Å²) in [4.78, 5) is 8.08. The molecule has 0 bridgehead atoms. The maximum Gasteiger partial charge on any atom is 0.388 e.